The number of carbonyl (C=O) groups excluding carboxylic acids is 1. The number of hydrogen-bond acceptors (Lipinski definition) is 1. The van der Waals surface area contributed by atoms with Crippen molar-refractivity contribution in [2.75, 3.05) is 0 Å². The zero-order valence-corrected chi connectivity index (χ0v) is 12.9. The molecule has 0 heterocycles. The topological polar surface area (TPSA) is 41.1 Å². The molecule has 3 heteroatoms. The minimum absolute atomic E-state index is 0.0951. The number of nitrogens with one attached hydrogen (secondary N) is 2. The summed E-state index contributed by atoms with van der Waals surface area (Å²) >= 11 is 0. The third kappa shape index (κ3) is 3.48. The van der Waals surface area contributed by atoms with Crippen molar-refractivity contribution in [3.8, 4) is 0 Å². The van der Waals surface area contributed by atoms with Crippen molar-refractivity contribution < 1.29 is 4.79 Å². The average Bonchev–Trinajstić information content (AvgIpc) is 2.55. The molecule has 0 bridgehead atoms. The van der Waals surface area contributed by atoms with Gasteiger partial charge >= 0.3 is 6.03 Å². The Morgan fingerprint density at radius 2 is 1.91 bits per heavy atom. The van der Waals surface area contributed by atoms with E-state index >= 15 is 0 Å². The normalized spacial score (nSPS) is 16.7. The predicted molar refractivity (Wildman–Crippen MR) is 88.7 cm³/mol. The first-order chi connectivity index (χ1) is 10.7. The minimum atomic E-state index is -0.0951. The maximum Gasteiger partial charge on any atom is 0.315 e. The van der Waals surface area contributed by atoms with Gasteiger partial charge in [0.25, 0.3) is 0 Å². The lowest BCUT2D eigenvalue weighted by atomic mass is 9.88. The van der Waals surface area contributed by atoms with E-state index in [2.05, 4.69) is 47.9 Å². The maximum absolute atomic E-state index is 12.1. The largest absolute Gasteiger partial charge is 0.334 e. The van der Waals surface area contributed by atoms with E-state index in [0.29, 0.717) is 6.54 Å². The van der Waals surface area contributed by atoms with Gasteiger partial charge in [0, 0.05) is 6.54 Å². The number of rotatable bonds is 3. The summed E-state index contributed by atoms with van der Waals surface area (Å²) in [4.78, 5) is 12.1. The molecule has 2 aromatic rings. The van der Waals surface area contributed by atoms with Crippen molar-refractivity contribution in [1.82, 2.24) is 10.6 Å². The molecule has 0 aliphatic heterocycles. The highest BCUT2D eigenvalue weighted by Crippen LogP contribution is 2.29. The second-order valence-electron chi connectivity index (χ2n) is 5.96. The monoisotopic (exact) mass is 294 g/mol. The standard InChI is InChI=1S/C19H22N2O/c1-14-9-11-15(12-10-14)13-20-19(22)21-18-8-4-6-16-5-2-3-7-17(16)18/h2-3,5,7,9-12,18H,4,6,8,13H2,1H3,(H2,20,21,22). The summed E-state index contributed by atoms with van der Waals surface area (Å²) in [6, 6.07) is 16.6. The molecular formula is C19H22N2O. The minimum Gasteiger partial charge on any atom is -0.334 e. The zero-order chi connectivity index (χ0) is 15.4. The number of benzene rings is 2. The van der Waals surface area contributed by atoms with E-state index in [1.165, 1.54) is 16.7 Å². The van der Waals surface area contributed by atoms with Crippen molar-refractivity contribution in [2.45, 2.75) is 38.8 Å². The zero-order valence-electron chi connectivity index (χ0n) is 12.9. The molecule has 3 nitrogen and oxygen atoms in total. The summed E-state index contributed by atoms with van der Waals surface area (Å²) < 4.78 is 0. The Morgan fingerprint density at radius 1 is 1.14 bits per heavy atom. The first-order valence-electron chi connectivity index (χ1n) is 7.90. The van der Waals surface area contributed by atoms with Crippen LogP contribution in [-0.4, -0.2) is 6.03 Å². The average molecular weight is 294 g/mol. The number of carbonyl (C=O) groups is 1. The van der Waals surface area contributed by atoms with Gasteiger partial charge in [0.15, 0.2) is 0 Å². The van der Waals surface area contributed by atoms with Crippen LogP contribution in [0.1, 0.15) is 41.1 Å². The van der Waals surface area contributed by atoms with E-state index in [1.807, 2.05) is 18.2 Å². The lowest BCUT2D eigenvalue weighted by molar-refractivity contribution is 0.235. The van der Waals surface area contributed by atoms with Gasteiger partial charge in [-0.3, -0.25) is 0 Å². The van der Waals surface area contributed by atoms with E-state index < -0.39 is 0 Å². The van der Waals surface area contributed by atoms with Gasteiger partial charge in [-0.25, -0.2) is 4.79 Å². The van der Waals surface area contributed by atoms with E-state index in [1.54, 1.807) is 0 Å². The van der Waals surface area contributed by atoms with E-state index in [9.17, 15) is 4.79 Å². The smallest absolute Gasteiger partial charge is 0.315 e. The third-order valence-corrected chi connectivity index (χ3v) is 4.25. The molecule has 22 heavy (non-hydrogen) atoms. The summed E-state index contributed by atoms with van der Waals surface area (Å²) in [6.45, 7) is 2.62. The van der Waals surface area contributed by atoms with Crippen LogP contribution >= 0.6 is 0 Å². The molecule has 2 aromatic carbocycles. The summed E-state index contributed by atoms with van der Waals surface area (Å²) in [5, 5.41) is 6.05. The second kappa shape index (κ2) is 6.65. The molecule has 0 spiro atoms. The molecule has 0 radical (unpaired) electrons. The number of aryl methyl sites for hydroxylation is 2. The van der Waals surface area contributed by atoms with E-state index in [-0.39, 0.29) is 12.1 Å². The Kier molecular flexibility index (Phi) is 4.42. The molecule has 0 aromatic heterocycles. The molecule has 0 saturated heterocycles. The van der Waals surface area contributed by atoms with Crippen molar-refractivity contribution in [3.63, 3.8) is 0 Å². The third-order valence-electron chi connectivity index (χ3n) is 4.25. The van der Waals surface area contributed by atoms with Crippen LogP contribution in [0.25, 0.3) is 0 Å². The molecule has 3 rings (SSSR count). The highest BCUT2D eigenvalue weighted by Gasteiger charge is 2.20. The molecule has 2 N–H and O–H groups in total. The molecule has 0 fully saturated rings. The second-order valence-corrected chi connectivity index (χ2v) is 5.96. The summed E-state index contributed by atoms with van der Waals surface area (Å²) in [7, 11) is 0. The number of amides is 2. The van der Waals surface area contributed by atoms with Gasteiger partial charge in [0.2, 0.25) is 0 Å². The van der Waals surface area contributed by atoms with E-state index in [4.69, 9.17) is 0 Å². The first-order valence-corrected chi connectivity index (χ1v) is 7.90. The summed E-state index contributed by atoms with van der Waals surface area (Å²) in [5.74, 6) is 0. The van der Waals surface area contributed by atoms with Crippen LogP contribution in [0.5, 0.6) is 0 Å². The van der Waals surface area contributed by atoms with Crippen molar-refractivity contribution in [1.29, 1.82) is 0 Å². The van der Waals surface area contributed by atoms with Crippen LogP contribution < -0.4 is 10.6 Å². The van der Waals surface area contributed by atoms with Crippen molar-refractivity contribution >= 4 is 6.03 Å². The number of urea groups is 1. The van der Waals surface area contributed by atoms with Crippen molar-refractivity contribution in [3.05, 3.63) is 70.8 Å². The molecular weight excluding hydrogens is 272 g/mol. The Bertz CT molecular complexity index is 649. The fourth-order valence-electron chi connectivity index (χ4n) is 3.00. The summed E-state index contributed by atoms with van der Waals surface area (Å²) in [6.07, 6.45) is 3.24. The van der Waals surface area contributed by atoms with Gasteiger partial charge in [-0.1, -0.05) is 54.1 Å². The summed E-state index contributed by atoms with van der Waals surface area (Å²) in [5.41, 5.74) is 4.97. The SMILES string of the molecule is Cc1ccc(CNC(=O)NC2CCCc3ccccc32)cc1. The first kappa shape index (κ1) is 14.6. The lowest BCUT2D eigenvalue weighted by Gasteiger charge is -2.26. The Morgan fingerprint density at radius 3 is 2.73 bits per heavy atom. The highest BCUT2D eigenvalue weighted by atomic mass is 16.2. The molecule has 114 valence electrons. The molecule has 0 saturated carbocycles. The predicted octanol–water partition coefficient (Wildman–Crippen LogP) is 3.87. The van der Waals surface area contributed by atoms with Gasteiger partial charge in [-0.05, 0) is 42.9 Å². The Labute approximate surface area is 131 Å². The van der Waals surface area contributed by atoms with Gasteiger partial charge in [0.05, 0.1) is 6.04 Å². The molecule has 1 atom stereocenters. The van der Waals surface area contributed by atoms with Crippen LogP contribution in [0.2, 0.25) is 0 Å². The van der Waals surface area contributed by atoms with Crippen LogP contribution in [0.3, 0.4) is 0 Å². The van der Waals surface area contributed by atoms with Gasteiger partial charge in [-0.15, -0.1) is 0 Å². The Hall–Kier alpha value is -2.29. The van der Waals surface area contributed by atoms with Gasteiger partial charge < -0.3 is 10.6 Å². The molecule has 2 amide bonds. The van der Waals surface area contributed by atoms with Crippen molar-refractivity contribution in [2.24, 2.45) is 0 Å². The van der Waals surface area contributed by atoms with Crippen LogP contribution in [0.15, 0.2) is 48.5 Å². The number of fused-ring (bicyclic) bond motifs is 1. The lowest BCUT2D eigenvalue weighted by Crippen LogP contribution is -2.38. The van der Waals surface area contributed by atoms with Crippen LogP contribution in [0, 0.1) is 6.92 Å². The van der Waals surface area contributed by atoms with Gasteiger partial charge in [-0.2, -0.15) is 0 Å². The number of hydrogen-bond donors (Lipinski definition) is 2. The Balaban J connectivity index is 1.57. The van der Waals surface area contributed by atoms with E-state index in [0.717, 1.165) is 24.8 Å². The molecule has 1 aliphatic carbocycles. The molecule has 1 aliphatic rings. The van der Waals surface area contributed by atoms with Crippen LogP contribution in [-0.2, 0) is 13.0 Å². The maximum atomic E-state index is 12.1. The fourth-order valence-corrected chi connectivity index (χ4v) is 3.00. The quantitative estimate of drug-likeness (QED) is 0.886. The fraction of sp³-hybridized carbons (Fsp3) is 0.316. The van der Waals surface area contributed by atoms with Gasteiger partial charge in [0.1, 0.15) is 0 Å². The van der Waals surface area contributed by atoms with Crippen LogP contribution in [0.4, 0.5) is 4.79 Å². The molecule has 1 unspecified atom stereocenters. The highest BCUT2D eigenvalue weighted by molar-refractivity contribution is 5.74.